The van der Waals surface area contributed by atoms with Crippen LogP contribution in [-0.2, 0) is 0 Å². The minimum Gasteiger partial charge on any atom is -0.389 e. The van der Waals surface area contributed by atoms with E-state index in [1.54, 1.807) is 0 Å². The summed E-state index contributed by atoms with van der Waals surface area (Å²) in [5.74, 6) is 0. The van der Waals surface area contributed by atoms with Crippen LogP contribution in [-0.4, -0.2) is 44.1 Å². The van der Waals surface area contributed by atoms with Gasteiger partial charge in [-0.15, -0.1) is 0 Å². The number of rotatable bonds is 5. The molecule has 94 valence electrons. The van der Waals surface area contributed by atoms with Gasteiger partial charge < -0.3 is 15.5 Å². The van der Waals surface area contributed by atoms with Crippen molar-refractivity contribution in [2.24, 2.45) is 5.73 Å². The highest BCUT2D eigenvalue weighted by atomic mass is 32.1. The predicted octanol–water partition coefficient (Wildman–Crippen LogP) is 1.63. The third-order valence-corrected chi connectivity index (χ3v) is 2.93. The normalized spacial score (nSPS) is 10.6. The van der Waals surface area contributed by atoms with Crippen LogP contribution in [0.15, 0.2) is 18.2 Å². The fourth-order valence-electron chi connectivity index (χ4n) is 1.65. The number of hydrogen-bond acceptors (Lipinski definition) is 3. The molecule has 0 aliphatic carbocycles. The molecule has 0 aliphatic rings. The maximum absolute atomic E-state index is 5.77. The second-order valence-corrected chi connectivity index (χ2v) is 5.05. The van der Waals surface area contributed by atoms with Gasteiger partial charge in [0.15, 0.2) is 0 Å². The first-order valence-electron chi connectivity index (χ1n) is 5.68. The van der Waals surface area contributed by atoms with E-state index < -0.39 is 0 Å². The second kappa shape index (κ2) is 5.98. The van der Waals surface area contributed by atoms with E-state index >= 15 is 0 Å². The first kappa shape index (κ1) is 13.9. The first-order valence-corrected chi connectivity index (χ1v) is 6.09. The molecule has 0 fully saturated rings. The van der Waals surface area contributed by atoms with Crippen molar-refractivity contribution in [3.63, 3.8) is 0 Å². The van der Waals surface area contributed by atoms with Crippen molar-refractivity contribution in [3.8, 4) is 0 Å². The largest absolute Gasteiger partial charge is 0.389 e. The summed E-state index contributed by atoms with van der Waals surface area (Å²) in [4.78, 5) is 4.80. The summed E-state index contributed by atoms with van der Waals surface area (Å²) in [7, 11) is 6.20. The molecule has 0 heterocycles. The lowest BCUT2D eigenvalue weighted by molar-refractivity contribution is 0.416. The molecule has 1 aromatic carbocycles. The predicted molar refractivity (Wildman–Crippen MR) is 78.9 cm³/mol. The Morgan fingerprint density at radius 3 is 2.41 bits per heavy atom. The van der Waals surface area contributed by atoms with Gasteiger partial charge in [0.05, 0.1) is 0 Å². The van der Waals surface area contributed by atoms with Gasteiger partial charge in [0.2, 0.25) is 0 Å². The molecular weight excluding hydrogens is 230 g/mol. The average molecular weight is 251 g/mol. The van der Waals surface area contributed by atoms with Gasteiger partial charge in [0.25, 0.3) is 0 Å². The summed E-state index contributed by atoms with van der Waals surface area (Å²) >= 11 is 5.10. The molecule has 1 aromatic rings. The Hall–Kier alpha value is -1.13. The van der Waals surface area contributed by atoms with E-state index in [1.165, 1.54) is 5.56 Å². The van der Waals surface area contributed by atoms with Crippen LogP contribution in [0.1, 0.15) is 11.1 Å². The molecule has 2 N–H and O–H groups in total. The highest BCUT2D eigenvalue weighted by Crippen LogP contribution is 2.20. The number of benzene rings is 1. The number of hydrogen-bond donors (Lipinski definition) is 1. The van der Waals surface area contributed by atoms with E-state index in [0.717, 1.165) is 24.3 Å². The molecule has 0 bridgehead atoms. The molecule has 0 aromatic heterocycles. The number of likely N-dealkylation sites (N-methyl/N-ethyl adjacent to an activating group) is 2. The standard InChI is InChI=1S/C13H21N3S/c1-10-5-6-12(11(9-10)13(14)17)16(4)8-7-15(2)3/h5-6,9H,7-8H2,1-4H3,(H2,14,17). The zero-order chi connectivity index (χ0) is 13.0. The van der Waals surface area contributed by atoms with Gasteiger partial charge in [-0.3, -0.25) is 0 Å². The Bertz CT molecular complexity index is 402. The van der Waals surface area contributed by atoms with Gasteiger partial charge in [-0.05, 0) is 33.2 Å². The summed E-state index contributed by atoms with van der Waals surface area (Å²) in [5, 5.41) is 0. The Kier molecular flexibility index (Phi) is 4.90. The number of aryl methyl sites for hydroxylation is 1. The zero-order valence-corrected chi connectivity index (χ0v) is 11.8. The Labute approximate surface area is 109 Å². The molecule has 0 saturated carbocycles. The number of thiocarbonyl (C=S) groups is 1. The van der Waals surface area contributed by atoms with Crippen molar-refractivity contribution in [3.05, 3.63) is 29.3 Å². The van der Waals surface area contributed by atoms with Gasteiger partial charge in [0, 0.05) is 31.4 Å². The summed E-state index contributed by atoms with van der Waals surface area (Å²) < 4.78 is 0. The fourth-order valence-corrected chi connectivity index (χ4v) is 1.81. The van der Waals surface area contributed by atoms with Crippen LogP contribution in [0.2, 0.25) is 0 Å². The molecule has 0 amide bonds. The zero-order valence-electron chi connectivity index (χ0n) is 11.0. The fraction of sp³-hybridized carbons (Fsp3) is 0.462. The maximum Gasteiger partial charge on any atom is 0.106 e. The Morgan fingerprint density at radius 1 is 1.24 bits per heavy atom. The van der Waals surface area contributed by atoms with Crippen molar-refractivity contribution in [1.29, 1.82) is 0 Å². The van der Waals surface area contributed by atoms with Crippen LogP contribution in [0.3, 0.4) is 0 Å². The topological polar surface area (TPSA) is 32.5 Å². The van der Waals surface area contributed by atoms with E-state index in [-0.39, 0.29) is 0 Å². The van der Waals surface area contributed by atoms with Crippen molar-refractivity contribution < 1.29 is 0 Å². The van der Waals surface area contributed by atoms with Gasteiger partial charge >= 0.3 is 0 Å². The lowest BCUT2D eigenvalue weighted by atomic mass is 10.1. The van der Waals surface area contributed by atoms with Crippen LogP contribution in [0.25, 0.3) is 0 Å². The summed E-state index contributed by atoms with van der Waals surface area (Å²) in [5.41, 5.74) is 9.01. The van der Waals surface area contributed by atoms with Gasteiger partial charge in [0.1, 0.15) is 4.99 Å². The Morgan fingerprint density at radius 2 is 1.88 bits per heavy atom. The second-order valence-electron chi connectivity index (χ2n) is 4.61. The number of anilines is 1. The Balaban J connectivity index is 2.92. The summed E-state index contributed by atoms with van der Waals surface area (Å²) in [6, 6.07) is 6.21. The minimum atomic E-state index is 0.459. The molecule has 0 aliphatic heterocycles. The average Bonchev–Trinajstić information content (AvgIpc) is 2.25. The monoisotopic (exact) mass is 251 g/mol. The van der Waals surface area contributed by atoms with Crippen molar-refractivity contribution in [1.82, 2.24) is 4.90 Å². The third-order valence-electron chi connectivity index (χ3n) is 2.71. The van der Waals surface area contributed by atoms with E-state index in [9.17, 15) is 0 Å². The minimum absolute atomic E-state index is 0.459. The molecule has 0 spiro atoms. The van der Waals surface area contributed by atoms with Gasteiger partial charge in [-0.1, -0.05) is 23.8 Å². The quantitative estimate of drug-likeness (QED) is 0.806. The highest BCUT2D eigenvalue weighted by Gasteiger charge is 2.09. The van der Waals surface area contributed by atoms with Crippen molar-refractivity contribution in [2.75, 3.05) is 39.1 Å². The molecule has 1 rings (SSSR count). The molecule has 0 atom stereocenters. The molecule has 3 nitrogen and oxygen atoms in total. The molecular formula is C13H21N3S. The SMILES string of the molecule is Cc1ccc(N(C)CCN(C)C)c(C(N)=S)c1. The van der Waals surface area contributed by atoms with E-state index in [1.807, 2.05) is 13.0 Å². The lowest BCUT2D eigenvalue weighted by Gasteiger charge is -2.24. The summed E-state index contributed by atoms with van der Waals surface area (Å²) in [6.07, 6.45) is 0. The lowest BCUT2D eigenvalue weighted by Crippen LogP contribution is -2.30. The number of nitrogens with two attached hydrogens (primary N) is 1. The smallest absolute Gasteiger partial charge is 0.106 e. The third kappa shape index (κ3) is 3.98. The van der Waals surface area contributed by atoms with Crippen LogP contribution in [0, 0.1) is 6.92 Å². The molecule has 4 heteroatoms. The van der Waals surface area contributed by atoms with E-state index in [0.29, 0.717) is 4.99 Å². The molecule has 17 heavy (non-hydrogen) atoms. The summed E-state index contributed by atoms with van der Waals surface area (Å²) in [6.45, 7) is 4.00. The molecule has 0 saturated heterocycles. The van der Waals surface area contributed by atoms with Gasteiger partial charge in [-0.2, -0.15) is 0 Å². The molecule has 0 unspecified atom stereocenters. The van der Waals surface area contributed by atoms with Crippen molar-refractivity contribution >= 4 is 22.9 Å². The van der Waals surface area contributed by atoms with Crippen LogP contribution < -0.4 is 10.6 Å². The van der Waals surface area contributed by atoms with Gasteiger partial charge in [-0.25, -0.2) is 0 Å². The van der Waals surface area contributed by atoms with E-state index in [2.05, 4.69) is 43.1 Å². The first-order chi connectivity index (χ1) is 7.91. The highest BCUT2D eigenvalue weighted by molar-refractivity contribution is 7.80. The molecule has 0 radical (unpaired) electrons. The van der Waals surface area contributed by atoms with Crippen LogP contribution in [0.4, 0.5) is 5.69 Å². The van der Waals surface area contributed by atoms with Crippen molar-refractivity contribution in [2.45, 2.75) is 6.92 Å². The maximum atomic E-state index is 5.77. The van der Waals surface area contributed by atoms with E-state index in [4.69, 9.17) is 18.0 Å². The number of nitrogens with zero attached hydrogens (tertiary/aromatic N) is 2. The van der Waals surface area contributed by atoms with Crippen LogP contribution in [0.5, 0.6) is 0 Å². The van der Waals surface area contributed by atoms with Crippen LogP contribution >= 0.6 is 12.2 Å².